The second-order valence-corrected chi connectivity index (χ2v) is 5.84. The van der Waals surface area contributed by atoms with Crippen molar-refractivity contribution in [3.8, 4) is 0 Å². The first-order chi connectivity index (χ1) is 8.65. The minimum Gasteiger partial charge on any atom is -0.310 e. The van der Waals surface area contributed by atoms with Crippen LogP contribution in [0.25, 0.3) is 0 Å². The Morgan fingerprint density at radius 1 is 1.44 bits per heavy atom. The molecule has 0 radical (unpaired) electrons. The topological polar surface area (TPSA) is 55.2 Å². The summed E-state index contributed by atoms with van der Waals surface area (Å²) in [4.78, 5) is 10.2. The number of nitrogens with one attached hydrogen (secondary N) is 1. The van der Waals surface area contributed by atoms with E-state index in [0.717, 1.165) is 12.0 Å². The summed E-state index contributed by atoms with van der Waals surface area (Å²) in [6.45, 7) is 2.80. The van der Waals surface area contributed by atoms with E-state index in [2.05, 4.69) is 29.1 Å². The van der Waals surface area contributed by atoms with E-state index < -0.39 is 0 Å². The van der Waals surface area contributed by atoms with Gasteiger partial charge in [-0.1, -0.05) is 11.3 Å². The highest BCUT2D eigenvalue weighted by molar-refractivity contribution is 7.13. The van der Waals surface area contributed by atoms with Crippen LogP contribution < -0.4 is 5.32 Å². The van der Waals surface area contributed by atoms with Gasteiger partial charge in [-0.15, -0.1) is 0 Å². The fraction of sp³-hybridized carbons (Fsp3) is 0.333. The standard InChI is InChI=1S/C12H14N2O2S2/c1-9(4-10-2-3-17-7-10)13-6-11-5-12(14(15)16)18-8-11/h2-3,5,7-9,13H,4,6H2,1H3. The second kappa shape index (κ2) is 6.08. The number of rotatable bonds is 6. The maximum absolute atomic E-state index is 10.6. The van der Waals surface area contributed by atoms with E-state index in [1.54, 1.807) is 17.4 Å². The highest BCUT2D eigenvalue weighted by atomic mass is 32.1. The summed E-state index contributed by atoms with van der Waals surface area (Å²) in [5.41, 5.74) is 2.31. The molecule has 0 aliphatic rings. The van der Waals surface area contributed by atoms with Crippen LogP contribution in [0.2, 0.25) is 0 Å². The molecule has 0 aromatic carbocycles. The maximum atomic E-state index is 10.6. The number of hydrogen-bond donors (Lipinski definition) is 1. The first-order valence-corrected chi connectivity index (χ1v) is 7.43. The van der Waals surface area contributed by atoms with Crippen molar-refractivity contribution < 1.29 is 4.92 Å². The Morgan fingerprint density at radius 2 is 2.28 bits per heavy atom. The molecular formula is C12H14N2O2S2. The van der Waals surface area contributed by atoms with Gasteiger partial charge in [0, 0.05) is 24.0 Å². The number of hydrogen-bond acceptors (Lipinski definition) is 5. The molecule has 96 valence electrons. The third-order valence-electron chi connectivity index (χ3n) is 2.60. The molecule has 18 heavy (non-hydrogen) atoms. The van der Waals surface area contributed by atoms with E-state index in [9.17, 15) is 10.1 Å². The van der Waals surface area contributed by atoms with Crippen molar-refractivity contribution >= 4 is 27.7 Å². The van der Waals surface area contributed by atoms with Gasteiger partial charge in [0.15, 0.2) is 0 Å². The molecular weight excluding hydrogens is 268 g/mol. The third kappa shape index (κ3) is 3.63. The highest BCUT2D eigenvalue weighted by Crippen LogP contribution is 2.22. The van der Waals surface area contributed by atoms with Gasteiger partial charge in [-0.2, -0.15) is 11.3 Å². The van der Waals surface area contributed by atoms with Crippen molar-refractivity contribution in [1.82, 2.24) is 5.32 Å². The smallest absolute Gasteiger partial charge is 0.310 e. The van der Waals surface area contributed by atoms with Crippen LogP contribution in [-0.4, -0.2) is 11.0 Å². The first-order valence-electron chi connectivity index (χ1n) is 5.61. The Morgan fingerprint density at radius 3 is 2.89 bits per heavy atom. The molecule has 2 heterocycles. The Bertz CT molecular complexity index is 508. The summed E-state index contributed by atoms with van der Waals surface area (Å²) in [5.74, 6) is 0. The molecule has 0 aliphatic carbocycles. The Labute approximate surface area is 113 Å². The molecule has 0 amide bonds. The quantitative estimate of drug-likeness (QED) is 0.652. The summed E-state index contributed by atoms with van der Waals surface area (Å²) in [6.07, 6.45) is 0.982. The van der Waals surface area contributed by atoms with Crippen molar-refractivity contribution in [2.24, 2.45) is 0 Å². The summed E-state index contributed by atoms with van der Waals surface area (Å²) in [7, 11) is 0. The summed E-state index contributed by atoms with van der Waals surface area (Å²) in [5, 5.41) is 20.2. The number of nitro groups is 1. The molecule has 0 fully saturated rings. The molecule has 4 nitrogen and oxygen atoms in total. The van der Waals surface area contributed by atoms with E-state index in [-0.39, 0.29) is 9.92 Å². The molecule has 2 aromatic heterocycles. The van der Waals surface area contributed by atoms with Crippen molar-refractivity contribution in [1.29, 1.82) is 0 Å². The lowest BCUT2D eigenvalue weighted by atomic mass is 10.1. The van der Waals surface area contributed by atoms with Gasteiger partial charge in [-0.3, -0.25) is 10.1 Å². The van der Waals surface area contributed by atoms with Crippen molar-refractivity contribution in [2.45, 2.75) is 25.9 Å². The maximum Gasteiger partial charge on any atom is 0.324 e. The predicted octanol–water partition coefficient (Wildman–Crippen LogP) is 3.44. The number of nitrogens with zero attached hydrogens (tertiary/aromatic N) is 1. The summed E-state index contributed by atoms with van der Waals surface area (Å²) in [6, 6.07) is 4.12. The van der Waals surface area contributed by atoms with E-state index in [1.165, 1.54) is 16.9 Å². The average molecular weight is 282 g/mol. The van der Waals surface area contributed by atoms with Gasteiger partial charge in [0.25, 0.3) is 0 Å². The molecule has 1 atom stereocenters. The molecule has 0 spiro atoms. The number of thiophene rings is 2. The van der Waals surface area contributed by atoms with Gasteiger partial charge in [-0.25, -0.2) is 0 Å². The molecule has 2 aromatic rings. The predicted molar refractivity (Wildman–Crippen MR) is 75.3 cm³/mol. The molecule has 6 heteroatoms. The van der Waals surface area contributed by atoms with Gasteiger partial charge < -0.3 is 5.32 Å². The van der Waals surface area contributed by atoms with Gasteiger partial charge in [-0.05, 0) is 41.3 Å². The van der Waals surface area contributed by atoms with Crippen LogP contribution in [0.5, 0.6) is 0 Å². The lowest BCUT2D eigenvalue weighted by Gasteiger charge is -2.11. The zero-order valence-electron chi connectivity index (χ0n) is 9.96. The van der Waals surface area contributed by atoms with Crippen LogP contribution in [0.15, 0.2) is 28.3 Å². The SMILES string of the molecule is CC(Cc1ccsc1)NCc1csc([N+](=O)[O-])c1. The fourth-order valence-corrected chi connectivity index (χ4v) is 3.09. The largest absolute Gasteiger partial charge is 0.324 e. The molecule has 0 saturated carbocycles. The third-order valence-corrected chi connectivity index (χ3v) is 4.26. The van der Waals surface area contributed by atoms with Crippen LogP contribution in [0, 0.1) is 10.1 Å². The molecule has 0 aliphatic heterocycles. The lowest BCUT2D eigenvalue weighted by molar-refractivity contribution is -0.380. The summed E-state index contributed by atoms with van der Waals surface area (Å²) >= 11 is 2.88. The Kier molecular flexibility index (Phi) is 4.46. The molecule has 1 unspecified atom stereocenters. The normalized spacial score (nSPS) is 12.5. The van der Waals surface area contributed by atoms with Crippen LogP contribution in [-0.2, 0) is 13.0 Å². The van der Waals surface area contributed by atoms with E-state index in [4.69, 9.17) is 0 Å². The molecule has 2 rings (SSSR count). The first kappa shape index (κ1) is 13.2. The van der Waals surface area contributed by atoms with Crippen LogP contribution in [0.1, 0.15) is 18.1 Å². The van der Waals surface area contributed by atoms with Crippen molar-refractivity contribution in [3.63, 3.8) is 0 Å². The van der Waals surface area contributed by atoms with E-state index in [1.807, 2.05) is 5.38 Å². The van der Waals surface area contributed by atoms with Crippen molar-refractivity contribution in [2.75, 3.05) is 0 Å². The minimum atomic E-state index is -0.344. The molecule has 0 bridgehead atoms. The van der Waals surface area contributed by atoms with Gasteiger partial charge in [0.1, 0.15) is 0 Å². The fourth-order valence-electron chi connectivity index (χ4n) is 1.68. The van der Waals surface area contributed by atoms with Gasteiger partial charge in [0.05, 0.1) is 4.92 Å². The Balaban J connectivity index is 1.81. The van der Waals surface area contributed by atoms with Crippen LogP contribution in [0.3, 0.4) is 0 Å². The highest BCUT2D eigenvalue weighted by Gasteiger charge is 2.10. The van der Waals surface area contributed by atoms with Crippen LogP contribution in [0.4, 0.5) is 5.00 Å². The lowest BCUT2D eigenvalue weighted by Crippen LogP contribution is -2.27. The second-order valence-electron chi connectivity index (χ2n) is 4.17. The summed E-state index contributed by atoms with van der Waals surface area (Å²) < 4.78 is 0. The molecule has 1 N–H and O–H groups in total. The zero-order valence-corrected chi connectivity index (χ0v) is 11.6. The van der Waals surface area contributed by atoms with Gasteiger partial charge >= 0.3 is 5.00 Å². The minimum absolute atomic E-state index is 0.206. The van der Waals surface area contributed by atoms with Crippen molar-refractivity contribution in [3.05, 3.63) is 49.5 Å². The van der Waals surface area contributed by atoms with Crippen LogP contribution >= 0.6 is 22.7 Å². The molecule has 0 saturated heterocycles. The van der Waals surface area contributed by atoms with E-state index in [0.29, 0.717) is 12.6 Å². The van der Waals surface area contributed by atoms with E-state index >= 15 is 0 Å². The monoisotopic (exact) mass is 282 g/mol. The zero-order chi connectivity index (χ0) is 13.0. The van der Waals surface area contributed by atoms with Gasteiger partial charge in [0.2, 0.25) is 0 Å². The average Bonchev–Trinajstić information content (AvgIpc) is 2.96. The Hall–Kier alpha value is -1.24.